The van der Waals surface area contributed by atoms with E-state index in [0.29, 0.717) is 5.41 Å². The number of hydrogen-bond acceptors (Lipinski definition) is 3. The quantitative estimate of drug-likeness (QED) is 0.192. The van der Waals surface area contributed by atoms with E-state index in [1.807, 2.05) is 12.4 Å². The van der Waals surface area contributed by atoms with Crippen molar-refractivity contribution in [3.8, 4) is 28.2 Å². The molecule has 4 heteroatoms. The first-order chi connectivity index (χ1) is 24.0. The summed E-state index contributed by atoms with van der Waals surface area (Å²) in [7, 11) is 0. The second-order valence-electron chi connectivity index (χ2n) is 15.7. The van der Waals surface area contributed by atoms with Gasteiger partial charge in [0.05, 0.1) is 11.3 Å². The van der Waals surface area contributed by atoms with Crippen LogP contribution in [0.5, 0.6) is 0 Å². The van der Waals surface area contributed by atoms with Gasteiger partial charge < -0.3 is 8.83 Å². The molecule has 0 spiro atoms. The Labute approximate surface area is 288 Å². The van der Waals surface area contributed by atoms with Crippen molar-refractivity contribution in [2.45, 2.75) is 71.6 Å². The van der Waals surface area contributed by atoms with Crippen LogP contribution in [0.25, 0.3) is 72.1 Å². The average Bonchev–Trinajstić information content (AvgIpc) is 3.84. The van der Waals surface area contributed by atoms with E-state index >= 15 is 0 Å². The third-order valence-corrected chi connectivity index (χ3v) is 10.8. The lowest BCUT2D eigenvalue weighted by Gasteiger charge is -2.34. The van der Waals surface area contributed by atoms with E-state index in [-0.39, 0.29) is 5.41 Å². The van der Waals surface area contributed by atoms with Crippen LogP contribution in [0.15, 0.2) is 118 Å². The molecule has 0 aliphatic heterocycles. The number of benzene rings is 5. The van der Waals surface area contributed by atoms with Gasteiger partial charge in [0.15, 0.2) is 0 Å². The van der Waals surface area contributed by atoms with E-state index in [2.05, 4.69) is 136 Å². The maximum Gasteiger partial charge on any atom is 0.148 e. The van der Waals surface area contributed by atoms with Crippen LogP contribution in [-0.2, 0) is 5.41 Å². The predicted molar refractivity (Wildman–Crippen MR) is 203 cm³/mol. The Morgan fingerprint density at radius 2 is 1.47 bits per heavy atom. The third-order valence-electron chi connectivity index (χ3n) is 10.8. The minimum absolute atomic E-state index is 0.0218. The van der Waals surface area contributed by atoms with Crippen LogP contribution in [0.2, 0.25) is 0 Å². The maximum atomic E-state index is 9.28. The fraction of sp³-hybridized carbons (Fsp3) is 0.267. The Morgan fingerprint density at radius 3 is 2.31 bits per heavy atom. The Bertz CT molecular complexity index is 2580. The van der Waals surface area contributed by atoms with Gasteiger partial charge in [0.25, 0.3) is 0 Å². The fourth-order valence-corrected chi connectivity index (χ4v) is 7.86. The number of furan rings is 2. The summed E-state index contributed by atoms with van der Waals surface area (Å²) in [5, 5.41) is 4.32. The molecule has 5 aromatic carbocycles. The van der Waals surface area contributed by atoms with Gasteiger partial charge in [-0.1, -0.05) is 89.2 Å². The lowest BCUT2D eigenvalue weighted by atomic mass is 9.71. The van der Waals surface area contributed by atoms with Gasteiger partial charge in [-0.3, -0.25) is 4.57 Å². The van der Waals surface area contributed by atoms with Gasteiger partial charge in [0.1, 0.15) is 28.2 Å². The minimum atomic E-state index is -0.550. The molecule has 49 heavy (non-hydrogen) atoms. The predicted octanol–water partition coefficient (Wildman–Crippen LogP) is 13.0. The average molecular weight is 644 g/mol. The zero-order valence-corrected chi connectivity index (χ0v) is 28.9. The van der Waals surface area contributed by atoms with E-state index in [1.165, 1.54) is 5.56 Å². The number of fused-ring (bicyclic) bond motifs is 6. The van der Waals surface area contributed by atoms with E-state index in [9.17, 15) is 1.37 Å². The van der Waals surface area contributed by atoms with Gasteiger partial charge in [0, 0.05) is 35.3 Å². The zero-order chi connectivity index (χ0) is 34.4. The molecule has 3 heterocycles. The Hall–Kier alpha value is -5.09. The smallest absolute Gasteiger partial charge is 0.148 e. The highest BCUT2D eigenvalue weighted by Gasteiger charge is 2.28. The Morgan fingerprint density at radius 1 is 0.735 bits per heavy atom. The summed E-state index contributed by atoms with van der Waals surface area (Å²) in [5.74, 6) is 0.307. The normalized spacial score (nSPS) is 16.6. The molecule has 1 aliphatic carbocycles. The van der Waals surface area contributed by atoms with Gasteiger partial charge in [-0.25, -0.2) is 4.98 Å². The highest BCUT2D eigenvalue weighted by Crippen LogP contribution is 2.44. The molecule has 244 valence electrons. The van der Waals surface area contributed by atoms with E-state index in [4.69, 9.17) is 13.8 Å². The molecular weight excluding hydrogens is 601 g/mol. The molecule has 4 nitrogen and oxygen atoms in total. The number of hydrogen-bond donors (Lipinski definition) is 0. The van der Waals surface area contributed by atoms with Crippen molar-refractivity contribution >= 4 is 43.9 Å². The summed E-state index contributed by atoms with van der Waals surface area (Å²) in [4.78, 5) is 4.85. The van der Waals surface area contributed by atoms with Crippen molar-refractivity contribution in [2.75, 3.05) is 0 Å². The van der Waals surface area contributed by atoms with Crippen molar-refractivity contribution in [3.63, 3.8) is 0 Å². The van der Waals surface area contributed by atoms with E-state index < -0.39 is 5.89 Å². The first kappa shape index (κ1) is 28.9. The van der Waals surface area contributed by atoms with Crippen molar-refractivity contribution in [1.82, 2.24) is 9.55 Å². The molecule has 0 amide bonds. The molecule has 1 saturated carbocycles. The third kappa shape index (κ3) is 5.08. The molecule has 1 aliphatic rings. The van der Waals surface area contributed by atoms with E-state index in [0.717, 1.165) is 103 Å². The van der Waals surface area contributed by atoms with Gasteiger partial charge in [-0.15, -0.1) is 0 Å². The molecule has 0 unspecified atom stereocenters. The van der Waals surface area contributed by atoms with Crippen LogP contribution in [-0.4, -0.2) is 9.55 Å². The highest BCUT2D eigenvalue weighted by atomic mass is 16.3. The number of nitrogens with zero attached hydrogens (tertiary/aromatic N) is 2. The first-order valence-electron chi connectivity index (χ1n) is 18.0. The number of aromatic nitrogens is 2. The molecule has 0 bridgehead atoms. The Kier molecular flexibility index (Phi) is 6.46. The summed E-state index contributed by atoms with van der Waals surface area (Å²) < 4.78 is 24.5. The topological polar surface area (TPSA) is 44.1 Å². The largest absolute Gasteiger partial charge is 0.456 e. The van der Waals surface area contributed by atoms with Crippen LogP contribution >= 0.6 is 0 Å². The molecule has 3 aromatic heterocycles. The Balaban J connectivity index is 1.10. The SMILES string of the molecule is [2H]C1(c2ccc3c(c2)oc2ccc(-c4ccc5c(c4)oc4c(-c6nccn6-c6ccccc6C(C)(C)C)cccc45)cc23)CCC(C)(C)CC1. The van der Waals surface area contributed by atoms with Crippen molar-refractivity contribution in [2.24, 2.45) is 5.41 Å². The molecule has 0 saturated heterocycles. The monoisotopic (exact) mass is 643 g/mol. The first-order valence-corrected chi connectivity index (χ1v) is 17.5. The van der Waals surface area contributed by atoms with Crippen LogP contribution in [0.4, 0.5) is 0 Å². The van der Waals surface area contributed by atoms with Crippen LogP contribution < -0.4 is 0 Å². The van der Waals surface area contributed by atoms with Crippen LogP contribution in [0.1, 0.15) is 78.7 Å². The van der Waals surface area contributed by atoms with Crippen LogP contribution in [0, 0.1) is 5.41 Å². The standard InChI is InChI=1S/C45H42N2O2/c1-44(2,3)37-11-6-7-12-38(37)47-24-23-46-43(47)35-10-8-9-34-32-16-14-31(27-41(32)49-42(34)35)29-15-18-39-36(25-29)33-17-13-30(26-40(33)48-39)28-19-21-45(4,5)22-20-28/h6-18,23-28H,19-22H2,1-5H3/i28D. The van der Waals surface area contributed by atoms with Crippen molar-refractivity contribution < 1.29 is 10.2 Å². The molecule has 0 N–H and O–H groups in total. The van der Waals surface area contributed by atoms with Crippen LogP contribution in [0.3, 0.4) is 0 Å². The number of imidazole rings is 1. The molecule has 0 radical (unpaired) electrons. The van der Waals surface area contributed by atoms with E-state index in [1.54, 1.807) is 0 Å². The summed E-state index contributed by atoms with van der Waals surface area (Å²) in [5.41, 5.74) is 10.3. The van der Waals surface area contributed by atoms with Crippen molar-refractivity contribution in [3.05, 3.63) is 121 Å². The number of rotatable bonds is 4. The minimum Gasteiger partial charge on any atom is -0.456 e. The molecular formula is C45H42N2O2. The van der Waals surface area contributed by atoms with Gasteiger partial charge in [-0.05, 0) is 107 Å². The fourth-order valence-electron chi connectivity index (χ4n) is 7.86. The summed E-state index contributed by atoms with van der Waals surface area (Å²) in [6.07, 6.45) is 7.83. The summed E-state index contributed by atoms with van der Waals surface area (Å²) in [6.45, 7) is 11.4. The lowest BCUT2D eigenvalue weighted by Crippen LogP contribution is -2.20. The molecule has 9 rings (SSSR count). The van der Waals surface area contributed by atoms with Crippen molar-refractivity contribution in [1.29, 1.82) is 0 Å². The number of para-hydroxylation sites is 2. The highest BCUT2D eigenvalue weighted by molar-refractivity contribution is 6.10. The van der Waals surface area contributed by atoms with Gasteiger partial charge in [-0.2, -0.15) is 0 Å². The molecule has 0 atom stereocenters. The molecule has 8 aromatic rings. The summed E-state index contributed by atoms with van der Waals surface area (Å²) >= 11 is 0. The van der Waals surface area contributed by atoms with Gasteiger partial charge in [0.2, 0.25) is 0 Å². The second-order valence-corrected chi connectivity index (χ2v) is 15.7. The lowest BCUT2D eigenvalue weighted by molar-refractivity contribution is 0.224. The van der Waals surface area contributed by atoms with Gasteiger partial charge >= 0.3 is 0 Å². The maximum absolute atomic E-state index is 9.28. The zero-order valence-electron chi connectivity index (χ0n) is 29.9. The summed E-state index contributed by atoms with van der Waals surface area (Å²) in [6, 6.07) is 34.2. The molecule has 1 fully saturated rings. The second kappa shape index (κ2) is 11.0.